The number of rotatable bonds is 6. The number of nitrogens with two attached hydrogens (primary N) is 2. The summed E-state index contributed by atoms with van der Waals surface area (Å²) in [5.74, 6) is 0.583. The van der Waals surface area contributed by atoms with Crippen molar-refractivity contribution in [3.63, 3.8) is 0 Å². The van der Waals surface area contributed by atoms with Crippen LogP contribution in [0.5, 0.6) is 0 Å². The van der Waals surface area contributed by atoms with Crippen LogP contribution in [0.3, 0.4) is 0 Å². The van der Waals surface area contributed by atoms with Crippen molar-refractivity contribution in [2.75, 3.05) is 44.6 Å². The van der Waals surface area contributed by atoms with Crippen LogP contribution in [0.25, 0.3) is 5.69 Å². The van der Waals surface area contributed by atoms with Gasteiger partial charge in [0.05, 0.1) is 11.2 Å². The van der Waals surface area contributed by atoms with Crippen LogP contribution in [0, 0.1) is 5.92 Å². The van der Waals surface area contributed by atoms with Gasteiger partial charge in [0.15, 0.2) is 0 Å². The Hall–Kier alpha value is -2.99. The van der Waals surface area contributed by atoms with Gasteiger partial charge in [-0.25, -0.2) is 9.59 Å². The molecule has 4 rings (SSSR count). The summed E-state index contributed by atoms with van der Waals surface area (Å²) >= 11 is 0. The Morgan fingerprint density at radius 1 is 1.08 bits per heavy atom. The molecular weight excluding hydrogens is 508 g/mol. The minimum atomic E-state index is -0.945. The summed E-state index contributed by atoms with van der Waals surface area (Å²) in [4.78, 5) is 47.4. The molecule has 0 radical (unpaired) electrons. The van der Waals surface area contributed by atoms with Gasteiger partial charge in [-0.05, 0) is 63.4 Å². The number of hydrogen-bond acceptors (Lipinski definition) is 7. The highest BCUT2D eigenvalue weighted by atomic mass is 35.5. The minimum Gasteiger partial charge on any atom is -0.338 e. The summed E-state index contributed by atoms with van der Waals surface area (Å²) < 4.78 is 1.44. The minimum absolute atomic E-state index is 0. The normalized spacial score (nSPS) is 19.1. The van der Waals surface area contributed by atoms with E-state index in [1.165, 1.54) is 10.1 Å². The molecule has 0 saturated carbocycles. The third-order valence-corrected chi connectivity index (χ3v) is 7.12. The van der Waals surface area contributed by atoms with Crippen molar-refractivity contribution in [3.05, 3.63) is 52.6 Å². The van der Waals surface area contributed by atoms with Crippen LogP contribution in [0.1, 0.15) is 32.8 Å². The molecule has 12 heteroatoms. The lowest BCUT2D eigenvalue weighted by atomic mass is 10.0. The van der Waals surface area contributed by atoms with Gasteiger partial charge in [-0.3, -0.25) is 19.6 Å². The zero-order valence-electron chi connectivity index (χ0n) is 22.3. The van der Waals surface area contributed by atoms with Crippen molar-refractivity contribution < 1.29 is 9.59 Å². The van der Waals surface area contributed by atoms with Gasteiger partial charge in [0.2, 0.25) is 5.91 Å². The van der Waals surface area contributed by atoms with Crippen molar-refractivity contribution in [1.82, 2.24) is 24.3 Å². The number of piperazine rings is 1. The molecule has 3 heterocycles. The summed E-state index contributed by atoms with van der Waals surface area (Å²) in [6, 6.07) is 9.30. The quantitative estimate of drug-likeness (QED) is 0.494. The predicted molar refractivity (Wildman–Crippen MR) is 150 cm³/mol. The maximum absolute atomic E-state index is 12.7. The molecule has 38 heavy (non-hydrogen) atoms. The topological polar surface area (TPSA) is 143 Å². The predicted octanol–water partition coefficient (Wildman–Crippen LogP) is 1.24. The van der Waals surface area contributed by atoms with E-state index in [2.05, 4.69) is 22.1 Å². The van der Waals surface area contributed by atoms with Gasteiger partial charge in [-0.15, -0.1) is 12.4 Å². The number of likely N-dealkylation sites (tertiary alicyclic amines) is 1. The highest BCUT2D eigenvalue weighted by Gasteiger charge is 2.31. The van der Waals surface area contributed by atoms with E-state index in [1.54, 1.807) is 35.9 Å². The van der Waals surface area contributed by atoms with E-state index in [1.807, 2.05) is 24.3 Å². The average molecular weight is 547 g/mol. The first-order chi connectivity index (χ1) is 17.5. The number of nitrogens with zero attached hydrogens (tertiary/aromatic N) is 5. The lowest BCUT2D eigenvalue weighted by molar-refractivity contribution is -0.137. The van der Waals surface area contributed by atoms with Gasteiger partial charge >= 0.3 is 11.7 Å². The molecule has 1 aromatic heterocycles. The van der Waals surface area contributed by atoms with Crippen LogP contribution in [-0.4, -0.2) is 87.0 Å². The number of anilines is 1. The van der Waals surface area contributed by atoms with Crippen molar-refractivity contribution in [1.29, 1.82) is 0 Å². The van der Waals surface area contributed by atoms with E-state index in [0.29, 0.717) is 37.8 Å². The number of amides is 3. The van der Waals surface area contributed by atoms with Gasteiger partial charge in [0.1, 0.15) is 5.82 Å². The summed E-state index contributed by atoms with van der Waals surface area (Å²) in [6.45, 7) is 9.88. The van der Waals surface area contributed by atoms with Crippen LogP contribution in [-0.2, 0) is 11.3 Å². The van der Waals surface area contributed by atoms with Gasteiger partial charge in [-0.1, -0.05) is 12.1 Å². The van der Waals surface area contributed by atoms with Gasteiger partial charge in [0.25, 0.3) is 0 Å². The third-order valence-electron chi connectivity index (χ3n) is 7.12. The van der Waals surface area contributed by atoms with E-state index in [-0.39, 0.29) is 36.2 Å². The Bertz CT molecular complexity index is 1170. The van der Waals surface area contributed by atoms with Crippen LogP contribution in [0.4, 0.5) is 10.6 Å². The van der Waals surface area contributed by atoms with Crippen LogP contribution >= 0.6 is 12.4 Å². The fourth-order valence-corrected chi connectivity index (χ4v) is 4.83. The molecule has 208 valence electrons. The molecular formula is C26H39ClN8O3. The zero-order valence-corrected chi connectivity index (χ0v) is 23.1. The summed E-state index contributed by atoms with van der Waals surface area (Å²) in [7, 11) is 0. The van der Waals surface area contributed by atoms with Crippen LogP contribution in [0.15, 0.2) is 41.3 Å². The van der Waals surface area contributed by atoms with Crippen molar-refractivity contribution in [3.8, 4) is 5.69 Å². The Labute approximate surface area is 229 Å². The second-order valence-corrected chi connectivity index (χ2v) is 10.7. The SMILES string of the molecule is CC(N)[C@@H]1CCN(Cc2ccc(-n3ccc(NC(=O)N4CCN(C(=O)C(C)(C)N)CC4)nc3=O)cc2)C1.Cl. The fourth-order valence-electron chi connectivity index (χ4n) is 4.83. The molecule has 5 N–H and O–H groups in total. The number of nitrogens with one attached hydrogen (secondary N) is 1. The summed E-state index contributed by atoms with van der Waals surface area (Å²) in [5.41, 5.74) is 12.4. The maximum atomic E-state index is 12.7. The fraction of sp³-hybridized carbons (Fsp3) is 0.538. The van der Waals surface area contributed by atoms with Gasteiger partial charge in [-0.2, -0.15) is 4.98 Å². The smallest absolute Gasteiger partial charge is 0.338 e. The molecule has 1 unspecified atom stereocenters. The van der Waals surface area contributed by atoms with E-state index < -0.39 is 11.2 Å². The maximum Gasteiger partial charge on any atom is 0.354 e. The zero-order chi connectivity index (χ0) is 26.7. The number of halogens is 1. The molecule has 2 aliphatic rings. The first-order valence-corrected chi connectivity index (χ1v) is 12.8. The second-order valence-electron chi connectivity index (χ2n) is 10.7. The van der Waals surface area contributed by atoms with Crippen molar-refractivity contribution in [2.45, 2.75) is 45.3 Å². The Morgan fingerprint density at radius 3 is 2.26 bits per heavy atom. The number of urea groups is 1. The number of carbonyl (C=O) groups is 2. The lowest BCUT2D eigenvalue weighted by Crippen LogP contribution is -2.58. The summed E-state index contributed by atoms with van der Waals surface area (Å²) in [6.07, 6.45) is 2.73. The molecule has 2 aliphatic heterocycles. The molecule has 0 aliphatic carbocycles. The van der Waals surface area contributed by atoms with Gasteiger partial charge in [0, 0.05) is 51.5 Å². The molecule has 1 aromatic carbocycles. The van der Waals surface area contributed by atoms with E-state index in [0.717, 1.165) is 26.1 Å². The molecule has 11 nitrogen and oxygen atoms in total. The molecule has 2 fully saturated rings. The molecule has 2 atom stereocenters. The first kappa shape index (κ1) is 29.6. The standard InChI is InChI=1S/C26H38N8O3.ClH/c1-18(27)20-8-10-31(17-20)16-19-4-6-21(7-5-19)34-11-9-22(30-25(34)37)29-24(36)33-14-12-32(13-15-33)23(35)26(2,3)28;/h4-7,9,11,18,20H,8,10,12-17,27-28H2,1-3H3,(H,29,30,36,37);1H/t18?,20-;/m1./s1. The molecule has 2 saturated heterocycles. The number of hydrogen-bond donors (Lipinski definition) is 3. The molecule has 0 bridgehead atoms. The largest absolute Gasteiger partial charge is 0.354 e. The highest BCUT2D eigenvalue weighted by molar-refractivity contribution is 5.89. The average Bonchev–Trinajstić information content (AvgIpc) is 3.33. The van der Waals surface area contributed by atoms with E-state index in [4.69, 9.17) is 11.5 Å². The molecule has 3 amide bonds. The van der Waals surface area contributed by atoms with E-state index >= 15 is 0 Å². The number of aromatic nitrogens is 2. The lowest BCUT2D eigenvalue weighted by Gasteiger charge is -2.37. The molecule has 2 aromatic rings. The molecule has 0 spiro atoms. The van der Waals surface area contributed by atoms with Gasteiger partial charge < -0.3 is 21.3 Å². The Kier molecular flexibility index (Phi) is 9.53. The first-order valence-electron chi connectivity index (χ1n) is 12.8. The Balaban J connectivity index is 0.00000400. The third kappa shape index (κ3) is 7.10. The van der Waals surface area contributed by atoms with Crippen molar-refractivity contribution >= 4 is 30.2 Å². The monoisotopic (exact) mass is 546 g/mol. The number of benzene rings is 1. The highest BCUT2D eigenvalue weighted by Crippen LogP contribution is 2.21. The van der Waals surface area contributed by atoms with Crippen LogP contribution < -0.4 is 22.5 Å². The second kappa shape index (κ2) is 12.2. The Morgan fingerprint density at radius 2 is 1.71 bits per heavy atom. The van der Waals surface area contributed by atoms with E-state index in [9.17, 15) is 14.4 Å². The van der Waals surface area contributed by atoms with Crippen molar-refractivity contribution in [2.24, 2.45) is 17.4 Å². The van der Waals surface area contributed by atoms with Crippen LogP contribution in [0.2, 0.25) is 0 Å². The number of carbonyl (C=O) groups excluding carboxylic acids is 2. The summed E-state index contributed by atoms with van der Waals surface area (Å²) in [5, 5.41) is 2.69.